The molecule has 0 aromatic rings. The van der Waals surface area contributed by atoms with Gasteiger partial charge in [0.05, 0.1) is 0 Å². The van der Waals surface area contributed by atoms with Crippen LogP contribution in [0, 0.1) is 12.8 Å². The van der Waals surface area contributed by atoms with Gasteiger partial charge in [-0.25, -0.2) is 0 Å². The maximum atomic E-state index is 5.62. The first-order chi connectivity index (χ1) is 9.00. The second-order valence-electron chi connectivity index (χ2n) is 5.55. The first kappa shape index (κ1) is 16.0. The number of hydrogen-bond donors (Lipinski definition) is 0. The van der Waals surface area contributed by atoms with Crippen molar-refractivity contribution in [3.05, 3.63) is 12.8 Å². The van der Waals surface area contributed by atoms with Crippen LogP contribution < -0.4 is 0 Å². The van der Waals surface area contributed by atoms with E-state index in [9.17, 15) is 0 Å². The van der Waals surface area contributed by atoms with Gasteiger partial charge in [-0.3, -0.25) is 0 Å². The molecule has 0 amide bonds. The predicted molar refractivity (Wildman–Crippen MR) is 79.4 cm³/mol. The van der Waals surface area contributed by atoms with Gasteiger partial charge in [0.15, 0.2) is 0 Å². The van der Waals surface area contributed by atoms with Gasteiger partial charge in [-0.2, -0.15) is 0 Å². The monoisotopic (exact) mass is 252 g/mol. The summed E-state index contributed by atoms with van der Waals surface area (Å²) in [7, 11) is 0. The third kappa shape index (κ3) is 11.1. The summed E-state index contributed by atoms with van der Waals surface area (Å²) in [4.78, 5) is 0. The van der Waals surface area contributed by atoms with Crippen LogP contribution in [0.1, 0.15) is 83.5 Å². The van der Waals surface area contributed by atoms with Crippen molar-refractivity contribution in [2.75, 3.05) is 13.2 Å². The van der Waals surface area contributed by atoms with E-state index < -0.39 is 0 Å². The summed E-state index contributed by atoms with van der Waals surface area (Å²) in [6, 6.07) is 0. The van der Waals surface area contributed by atoms with E-state index in [4.69, 9.17) is 4.74 Å². The molecule has 1 nitrogen and oxygen atoms in total. The van der Waals surface area contributed by atoms with Gasteiger partial charge >= 0.3 is 0 Å². The quantitative estimate of drug-likeness (QED) is 0.553. The molecule has 0 aromatic carbocycles. The molecule has 1 heterocycles. The van der Waals surface area contributed by atoms with E-state index in [-0.39, 0.29) is 0 Å². The molecule has 0 aromatic heterocycles. The lowest BCUT2D eigenvalue weighted by atomic mass is 10.0. The average molecular weight is 252 g/mol. The van der Waals surface area contributed by atoms with Crippen molar-refractivity contribution in [1.29, 1.82) is 0 Å². The van der Waals surface area contributed by atoms with Crippen LogP contribution in [0.25, 0.3) is 0 Å². The van der Waals surface area contributed by atoms with Gasteiger partial charge in [0.2, 0.25) is 0 Å². The summed E-state index contributed by atoms with van der Waals surface area (Å²) < 4.78 is 5.62. The molecule has 2 radical (unpaired) electrons. The van der Waals surface area contributed by atoms with Crippen LogP contribution in [0.3, 0.4) is 0 Å². The second-order valence-corrected chi connectivity index (χ2v) is 5.55. The van der Waals surface area contributed by atoms with E-state index in [1.54, 1.807) is 0 Å². The van der Waals surface area contributed by atoms with Crippen LogP contribution in [0.2, 0.25) is 0 Å². The van der Waals surface area contributed by atoms with Gasteiger partial charge in [-0.1, -0.05) is 70.6 Å². The molecule has 1 heteroatoms. The maximum absolute atomic E-state index is 5.62. The van der Waals surface area contributed by atoms with E-state index in [0.29, 0.717) is 0 Å². The van der Waals surface area contributed by atoms with Crippen LogP contribution in [-0.4, -0.2) is 13.2 Å². The molecular formula is C17H32O. The zero-order valence-electron chi connectivity index (χ0n) is 12.2. The van der Waals surface area contributed by atoms with Crippen LogP contribution in [-0.2, 0) is 4.74 Å². The molecule has 0 bridgehead atoms. The highest BCUT2D eigenvalue weighted by Gasteiger charge is 1.96. The molecule has 18 heavy (non-hydrogen) atoms. The van der Waals surface area contributed by atoms with Gasteiger partial charge in [-0.05, 0) is 25.7 Å². The molecule has 1 rings (SSSR count). The number of ether oxygens (including phenoxy) is 1. The van der Waals surface area contributed by atoms with E-state index in [0.717, 1.165) is 13.2 Å². The van der Waals surface area contributed by atoms with Crippen LogP contribution in [0.4, 0.5) is 0 Å². The standard InChI is InChI=1S/C17H32O/c1-2-4-6-8-10-12-14-16-18-17-15-13-11-9-7-5-3-1/h4,15H,1-3,5-14,16-17H2. The zero-order valence-corrected chi connectivity index (χ0v) is 12.2. The molecule has 0 N–H and O–H groups in total. The van der Waals surface area contributed by atoms with Crippen molar-refractivity contribution < 1.29 is 4.74 Å². The minimum absolute atomic E-state index is 0.869. The summed E-state index contributed by atoms with van der Waals surface area (Å²) in [5, 5.41) is 0. The van der Waals surface area contributed by atoms with E-state index >= 15 is 0 Å². The largest absolute Gasteiger partial charge is 0.381 e. The SMILES string of the molecule is [CH]1CCCCCCCC[CH]COCCCCCC1. The van der Waals surface area contributed by atoms with Crippen molar-refractivity contribution >= 4 is 0 Å². The summed E-state index contributed by atoms with van der Waals surface area (Å²) in [5.74, 6) is 0. The fourth-order valence-electron chi connectivity index (χ4n) is 2.53. The Morgan fingerprint density at radius 3 is 1.67 bits per heavy atom. The molecule has 106 valence electrons. The molecule has 1 aliphatic rings. The topological polar surface area (TPSA) is 9.23 Å². The smallest absolute Gasteiger partial charge is 0.0497 e. The Morgan fingerprint density at radius 2 is 1.00 bits per heavy atom. The van der Waals surface area contributed by atoms with Crippen LogP contribution >= 0.6 is 0 Å². The normalized spacial score (nSPS) is 24.0. The van der Waals surface area contributed by atoms with Crippen molar-refractivity contribution in [3.63, 3.8) is 0 Å². The van der Waals surface area contributed by atoms with Crippen molar-refractivity contribution in [1.82, 2.24) is 0 Å². The van der Waals surface area contributed by atoms with Crippen molar-refractivity contribution in [2.24, 2.45) is 0 Å². The van der Waals surface area contributed by atoms with Crippen molar-refractivity contribution in [2.45, 2.75) is 83.5 Å². The Kier molecular flexibility index (Phi) is 11.9. The lowest BCUT2D eigenvalue weighted by Gasteiger charge is -2.06. The van der Waals surface area contributed by atoms with Gasteiger partial charge in [-0.15, -0.1) is 0 Å². The second kappa shape index (κ2) is 13.4. The fourth-order valence-corrected chi connectivity index (χ4v) is 2.53. The summed E-state index contributed by atoms with van der Waals surface area (Å²) in [5.41, 5.74) is 0. The fraction of sp³-hybridized carbons (Fsp3) is 0.882. The Balaban J connectivity index is 2.00. The molecule has 0 saturated carbocycles. The molecule has 1 saturated heterocycles. The molecular weight excluding hydrogens is 220 g/mol. The molecule has 0 aliphatic carbocycles. The van der Waals surface area contributed by atoms with Gasteiger partial charge < -0.3 is 4.74 Å². The summed E-state index contributed by atoms with van der Waals surface area (Å²) in [6.45, 7) is 1.83. The Morgan fingerprint density at radius 1 is 0.500 bits per heavy atom. The molecule has 0 atom stereocenters. The van der Waals surface area contributed by atoms with Gasteiger partial charge in [0, 0.05) is 13.2 Å². The first-order valence-corrected chi connectivity index (χ1v) is 8.21. The third-order valence-corrected chi connectivity index (χ3v) is 3.75. The van der Waals surface area contributed by atoms with Gasteiger partial charge in [0.1, 0.15) is 0 Å². The van der Waals surface area contributed by atoms with Crippen LogP contribution in [0.15, 0.2) is 0 Å². The minimum atomic E-state index is 0.869. The van der Waals surface area contributed by atoms with Crippen LogP contribution in [0.5, 0.6) is 0 Å². The zero-order chi connectivity index (χ0) is 12.7. The Bertz CT molecular complexity index is 80.6. The lowest BCUT2D eigenvalue weighted by Crippen LogP contribution is -1.98. The first-order valence-electron chi connectivity index (χ1n) is 8.21. The summed E-state index contributed by atoms with van der Waals surface area (Å²) in [6.07, 6.45) is 22.6. The number of rotatable bonds is 0. The third-order valence-electron chi connectivity index (χ3n) is 3.75. The molecule has 1 aliphatic heterocycles. The van der Waals surface area contributed by atoms with Gasteiger partial charge in [0.25, 0.3) is 0 Å². The predicted octanol–water partition coefficient (Wildman–Crippen LogP) is 5.50. The highest BCUT2D eigenvalue weighted by Crippen LogP contribution is 2.13. The molecule has 0 spiro atoms. The molecule has 0 unspecified atom stereocenters. The van der Waals surface area contributed by atoms with E-state index in [1.165, 1.54) is 83.5 Å². The van der Waals surface area contributed by atoms with E-state index in [1.807, 2.05) is 0 Å². The highest BCUT2D eigenvalue weighted by atomic mass is 16.5. The van der Waals surface area contributed by atoms with E-state index in [2.05, 4.69) is 12.8 Å². The average Bonchev–Trinajstić information content (AvgIpc) is 2.39. The molecule has 1 fully saturated rings. The lowest BCUT2D eigenvalue weighted by molar-refractivity contribution is 0.147. The highest BCUT2D eigenvalue weighted by molar-refractivity contribution is 4.66. The Hall–Kier alpha value is -0.0400. The number of hydrogen-bond acceptors (Lipinski definition) is 1. The van der Waals surface area contributed by atoms with Crippen molar-refractivity contribution in [3.8, 4) is 0 Å². The maximum Gasteiger partial charge on any atom is 0.0497 e. The Labute approximate surface area is 115 Å². The summed E-state index contributed by atoms with van der Waals surface area (Å²) >= 11 is 0. The minimum Gasteiger partial charge on any atom is -0.381 e.